The third-order valence-corrected chi connectivity index (χ3v) is 7.03. The van der Waals surface area contributed by atoms with Crippen molar-refractivity contribution in [3.63, 3.8) is 0 Å². The van der Waals surface area contributed by atoms with Crippen LogP contribution in [0.1, 0.15) is 44.6 Å². The first-order valence-corrected chi connectivity index (χ1v) is 10.8. The van der Waals surface area contributed by atoms with E-state index < -0.39 is 0 Å². The summed E-state index contributed by atoms with van der Waals surface area (Å²) in [6.07, 6.45) is 9.74. The van der Waals surface area contributed by atoms with E-state index in [4.69, 9.17) is 15.2 Å². The molecule has 7 heteroatoms. The lowest BCUT2D eigenvalue weighted by molar-refractivity contribution is -0.0198. The molecule has 3 aliphatic rings. The quantitative estimate of drug-likeness (QED) is 0.674. The Kier molecular flexibility index (Phi) is 4.05. The third kappa shape index (κ3) is 2.87. The zero-order valence-corrected chi connectivity index (χ0v) is 16.8. The van der Waals surface area contributed by atoms with Crippen molar-refractivity contribution in [2.24, 2.45) is 0 Å². The number of anilines is 1. The van der Waals surface area contributed by atoms with Crippen LogP contribution in [-0.2, 0) is 4.74 Å². The van der Waals surface area contributed by atoms with Crippen molar-refractivity contribution in [3.05, 3.63) is 36.8 Å². The monoisotopic (exact) mass is 406 g/mol. The molecule has 7 nitrogen and oxygen atoms in total. The molecule has 3 aromatic rings. The smallest absolute Gasteiger partial charge is 0.146 e. The topological polar surface area (TPSA) is 95.4 Å². The van der Waals surface area contributed by atoms with E-state index in [0.717, 1.165) is 66.4 Å². The number of nitrogen functional groups attached to an aromatic ring is 1. The zero-order chi connectivity index (χ0) is 20.3. The SMILES string of the molecule is Nc1ncnc2c1c(-c1cccc(OCC34CCC(CC3)O4)c1)cn2C1CC(O)C1. The summed E-state index contributed by atoms with van der Waals surface area (Å²) in [5, 5.41) is 10.6. The van der Waals surface area contributed by atoms with Crippen LogP contribution in [0.3, 0.4) is 0 Å². The van der Waals surface area contributed by atoms with Gasteiger partial charge < -0.3 is 24.9 Å². The lowest BCUT2D eigenvalue weighted by atomic mass is 9.89. The highest BCUT2D eigenvalue weighted by Crippen LogP contribution is 2.44. The average Bonchev–Trinajstić information content (AvgIpc) is 3.44. The predicted octanol–water partition coefficient (Wildman–Crippen LogP) is 3.47. The molecule has 1 saturated carbocycles. The van der Waals surface area contributed by atoms with E-state index in [1.807, 2.05) is 12.1 Å². The number of fused-ring (bicyclic) bond motifs is 3. The van der Waals surface area contributed by atoms with Crippen molar-refractivity contribution >= 4 is 16.9 Å². The standard InChI is InChI=1S/C23H26N4O3/c24-21-20-19(11-27(15-9-16(28)10-15)22(20)26-13-25-21)14-2-1-3-18(8-14)29-12-23-6-4-17(30-23)5-7-23/h1-3,8,11,13,15-17,28H,4-7,9-10,12H2,(H2,24,25,26). The Balaban J connectivity index is 1.33. The van der Waals surface area contributed by atoms with Gasteiger partial charge in [0.2, 0.25) is 0 Å². The van der Waals surface area contributed by atoms with Crippen molar-refractivity contribution in [2.75, 3.05) is 12.3 Å². The first-order valence-electron chi connectivity index (χ1n) is 10.8. The predicted molar refractivity (Wildman–Crippen MR) is 113 cm³/mol. The molecule has 0 unspecified atom stereocenters. The van der Waals surface area contributed by atoms with E-state index in [1.54, 1.807) is 0 Å². The van der Waals surface area contributed by atoms with Gasteiger partial charge in [-0.3, -0.25) is 0 Å². The van der Waals surface area contributed by atoms with Crippen molar-refractivity contribution in [3.8, 4) is 16.9 Å². The Morgan fingerprint density at radius 3 is 2.80 bits per heavy atom. The first-order chi connectivity index (χ1) is 14.6. The molecule has 2 bridgehead atoms. The molecule has 30 heavy (non-hydrogen) atoms. The summed E-state index contributed by atoms with van der Waals surface area (Å²) in [6.45, 7) is 0.597. The van der Waals surface area contributed by atoms with Gasteiger partial charge in [-0.2, -0.15) is 0 Å². The minimum atomic E-state index is -0.237. The third-order valence-electron chi connectivity index (χ3n) is 7.03. The molecule has 1 aliphatic carbocycles. The fourth-order valence-electron chi connectivity index (χ4n) is 5.25. The van der Waals surface area contributed by atoms with E-state index in [2.05, 4.69) is 32.9 Å². The molecule has 4 heterocycles. The second kappa shape index (κ2) is 6.68. The molecule has 156 valence electrons. The number of aliphatic hydroxyl groups excluding tert-OH is 1. The van der Waals surface area contributed by atoms with Crippen molar-refractivity contribution in [1.29, 1.82) is 0 Å². The van der Waals surface area contributed by atoms with Crippen molar-refractivity contribution < 1.29 is 14.6 Å². The van der Waals surface area contributed by atoms with Gasteiger partial charge in [-0.05, 0) is 56.2 Å². The molecule has 2 saturated heterocycles. The van der Waals surface area contributed by atoms with E-state index in [-0.39, 0.29) is 17.7 Å². The molecular formula is C23H26N4O3. The summed E-state index contributed by atoms with van der Waals surface area (Å²) in [5.74, 6) is 1.30. The Morgan fingerprint density at radius 2 is 2.07 bits per heavy atom. The normalized spacial score (nSPS) is 30.0. The van der Waals surface area contributed by atoms with Gasteiger partial charge in [-0.15, -0.1) is 0 Å². The minimum absolute atomic E-state index is 0.0972. The highest BCUT2D eigenvalue weighted by atomic mass is 16.6. The summed E-state index contributed by atoms with van der Waals surface area (Å²) in [4.78, 5) is 8.71. The summed E-state index contributed by atoms with van der Waals surface area (Å²) in [7, 11) is 0. The van der Waals surface area contributed by atoms with Gasteiger partial charge in [-0.25, -0.2) is 9.97 Å². The van der Waals surface area contributed by atoms with Crippen LogP contribution in [0, 0.1) is 0 Å². The van der Waals surface area contributed by atoms with Crippen LogP contribution < -0.4 is 10.5 Å². The lowest BCUT2D eigenvalue weighted by Crippen LogP contribution is -2.32. The van der Waals surface area contributed by atoms with Crippen LogP contribution in [0.15, 0.2) is 36.8 Å². The number of ether oxygens (including phenoxy) is 2. The van der Waals surface area contributed by atoms with E-state index in [9.17, 15) is 5.11 Å². The minimum Gasteiger partial charge on any atom is -0.491 e. The van der Waals surface area contributed by atoms with E-state index in [0.29, 0.717) is 18.5 Å². The molecule has 6 rings (SSSR count). The average molecular weight is 406 g/mol. The van der Waals surface area contributed by atoms with Gasteiger partial charge in [0.15, 0.2) is 0 Å². The number of aromatic nitrogens is 3. The van der Waals surface area contributed by atoms with Gasteiger partial charge in [0.05, 0.1) is 17.6 Å². The maximum absolute atomic E-state index is 9.76. The molecule has 3 fully saturated rings. The molecular weight excluding hydrogens is 380 g/mol. The fraction of sp³-hybridized carbons (Fsp3) is 0.478. The summed E-state index contributed by atoms with van der Waals surface area (Å²) >= 11 is 0. The molecule has 2 aromatic heterocycles. The second-order valence-electron chi connectivity index (χ2n) is 9.00. The second-order valence-corrected chi connectivity index (χ2v) is 9.00. The maximum atomic E-state index is 9.76. The highest BCUT2D eigenvalue weighted by molar-refractivity contribution is 6.00. The molecule has 0 spiro atoms. The number of hydrogen-bond acceptors (Lipinski definition) is 6. The Bertz CT molecular complexity index is 1100. The number of benzene rings is 1. The van der Waals surface area contributed by atoms with E-state index in [1.165, 1.54) is 6.33 Å². The molecule has 1 aromatic carbocycles. The summed E-state index contributed by atoms with van der Waals surface area (Å²) < 4.78 is 14.5. The number of rotatable bonds is 5. The summed E-state index contributed by atoms with van der Waals surface area (Å²) in [5.41, 5.74) is 8.98. The van der Waals surface area contributed by atoms with Crippen molar-refractivity contribution in [2.45, 2.75) is 62.4 Å². The molecule has 0 radical (unpaired) electrons. The van der Waals surface area contributed by atoms with Crippen LogP contribution in [0.2, 0.25) is 0 Å². The maximum Gasteiger partial charge on any atom is 0.146 e. The van der Waals surface area contributed by atoms with Crippen LogP contribution >= 0.6 is 0 Å². The Hall–Kier alpha value is -2.64. The van der Waals surface area contributed by atoms with Gasteiger partial charge in [-0.1, -0.05) is 12.1 Å². The van der Waals surface area contributed by atoms with Gasteiger partial charge in [0, 0.05) is 17.8 Å². The van der Waals surface area contributed by atoms with Crippen LogP contribution in [-0.4, -0.2) is 44.1 Å². The Morgan fingerprint density at radius 1 is 1.23 bits per heavy atom. The number of hydrogen-bond donors (Lipinski definition) is 2. The van der Waals surface area contributed by atoms with Gasteiger partial charge in [0.1, 0.15) is 35.7 Å². The van der Waals surface area contributed by atoms with Crippen LogP contribution in [0.25, 0.3) is 22.2 Å². The molecule has 0 atom stereocenters. The van der Waals surface area contributed by atoms with Crippen LogP contribution in [0.4, 0.5) is 5.82 Å². The van der Waals surface area contributed by atoms with Gasteiger partial charge in [0.25, 0.3) is 0 Å². The summed E-state index contributed by atoms with van der Waals surface area (Å²) in [6, 6.07) is 8.34. The van der Waals surface area contributed by atoms with Crippen molar-refractivity contribution in [1.82, 2.24) is 14.5 Å². The number of nitrogens with two attached hydrogens (primary N) is 1. The Labute approximate surface area is 174 Å². The first kappa shape index (κ1) is 18.2. The molecule has 0 amide bonds. The van der Waals surface area contributed by atoms with Crippen LogP contribution in [0.5, 0.6) is 5.75 Å². The highest BCUT2D eigenvalue weighted by Gasteiger charge is 2.46. The number of nitrogens with zero attached hydrogens (tertiary/aromatic N) is 3. The largest absolute Gasteiger partial charge is 0.491 e. The lowest BCUT2D eigenvalue weighted by Gasteiger charge is -2.32. The zero-order valence-electron chi connectivity index (χ0n) is 16.8. The molecule has 3 N–H and O–H groups in total. The van der Waals surface area contributed by atoms with E-state index >= 15 is 0 Å². The number of aliphatic hydroxyl groups is 1. The molecule has 2 aliphatic heterocycles. The fourth-order valence-corrected chi connectivity index (χ4v) is 5.25. The van der Waals surface area contributed by atoms with Gasteiger partial charge >= 0.3 is 0 Å².